The predicted molar refractivity (Wildman–Crippen MR) is 131 cm³/mol. The van der Waals surface area contributed by atoms with Crippen molar-refractivity contribution in [2.45, 2.75) is 52.7 Å². The molecule has 0 spiro atoms. The highest BCUT2D eigenvalue weighted by Crippen LogP contribution is 2.35. The summed E-state index contributed by atoms with van der Waals surface area (Å²) < 4.78 is 14.6. The minimum Gasteiger partial charge on any atom is -0.454 e. The first-order valence-electron chi connectivity index (χ1n) is 11.9. The van der Waals surface area contributed by atoms with E-state index in [0.717, 1.165) is 13.0 Å². The molecule has 0 aliphatic carbocycles. The van der Waals surface area contributed by atoms with E-state index in [2.05, 4.69) is 15.6 Å². The van der Waals surface area contributed by atoms with Crippen molar-refractivity contribution in [3.63, 3.8) is 0 Å². The number of hydrogen-bond acceptors (Lipinski definition) is 6. The van der Waals surface area contributed by atoms with E-state index in [0.29, 0.717) is 41.9 Å². The number of hydrogen-bond donors (Lipinski definition) is 2. The van der Waals surface area contributed by atoms with Crippen molar-refractivity contribution in [3.8, 4) is 11.5 Å². The quantitative estimate of drug-likeness (QED) is 0.429. The fourth-order valence-corrected chi connectivity index (χ4v) is 4.13. The van der Waals surface area contributed by atoms with Gasteiger partial charge in [0.1, 0.15) is 11.6 Å². The monoisotopic (exact) mass is 481 g/mol. The number of aryl methyl sites for hydroxylation is 2. The lowest BCUT2D eigenvalue weighted by atomic mass is 9.97. The third-order valence-corrected chi connectivity index (χ3v) is 6.39. The van der Waals surface area contributed by atoms with Gasteiger partial charge in [0.25, 0.3) is 5.91 Å². The van der Waals surface area contributed by atoms with Gasteiger partial charge in [0.15, 0.2) is 11.5 Å². The lowest BCUT2D eigenvalue weighted by molar-refractivity contribution is -0.124. The van der Waals surface area contributed by atoms with Crippen LogP contribution in [0.4, 0.5) is 0 Å². The highest BCUT2D eigenvalue weighted by Gasteiger charge is 2.28. The van der Waals surface area contributed by atoms with Gasteiger partial charge in [-0.15, -0.1) is 0 Å². The van der Waals surface area contributed by atoms with E-state index in [-0.39, 0.29) is 24.2 Å². The molecule has 0 saturated carbocycles. The Morgan fingerprint density at radius 1 is 1.20 bits per heavy atom. The zero-order chi connectivity index (χ0) is 24.9. The summed E-state index contributed by atoms with van der Waals surface area (Å²) in [5, 5.41) is 6.09. The minimum atomic E-state index is -0.761. The van der Waals surface area contributed by atoms with Gasteiger partial charge in [-0.2, -0.15) is 0 Å². The molecule has 2 N–H and O–H groups in total. The van der Waals surface area contributed by atoms with Crippen LogP contribution in [0.3, 0.4) is 0 Å². The Balaban J connectivity index is 1.52. The number of fused-ring (bicyclic) bond motifs is 2. The standard InChI is InChI=1S/C25H31N5O5/c1-4-16(3)22(25(33)27-7-6-9-29-10-8-26-14-29)28-24(32)18-13-30(5-2)19-12-21-20(34-15-35-21)11-17(19)23(18)31/h8,10-14,16,22H,4-7,9,15H2,1-3H3,(H,27,33)(H,28,32)/t16-,22+/m1/s1. The van der Waals surface area contributed by atoms with Gasteiger partial charge < -0.3 is 29.2 Å². The summed E-state index contributed by atoms with van der Waals surface area (Å²) in [6.45, 7) is 7.62. The molecule has 10 nitrogen and oxygen atoms in total. The molecule has 3 aromatic rings. The number of nitrogens with one attached hydrogen (secondary N) is 2. The minimum absolute atomic E-state index is 0.0144. The summed E-state index contributed by atoms with van der Waals surface area (Å²) in [5.74, 6) is 0.0874. The summed E-state index contributed by atoms with van der Waals surface area (Å²) in [5.41, 5.74) is 0.232. The molecule has 1 aliphatic heterocycles. The summed E-state index contributed by atoms with van der Waals surface area (Å²) in [6.07, 6.45) is 8.26. The fourth-order valence-electron chi connectivity index (χ4n) is 4.13. The molecule has 186 valence electrons. The SMILES string of the molecule is CC[C@@H](C)[C@H](NC(=O)c1cn(CC)c2cc3c(cc2c1=O)OCO3)C(=O)NCCCn1ccnc1. The lowest BCUT2D eigenvalue weighted by Crippen LogP contribution is -2.51. The number of benzene rings is 1. The van der Waals surface area contributed by atoms with Crippen LogP contribution < -0.4 is 25.5 Å². The van der Waals surface area contributed by atoms with E-state index in [9.17, 15) is 14.4 Å². The Hall–Kier alpha value is -3.82. The van der Waals surface area contributed by atoms with Crippen LogP contribution >= 0.6 is 0 Å². The number of rotatable bonds is 10. The molecule has 10 heteroatoms. The maximum absolute atomic E-state index is 13.3. The predicted octanol–water partition coefficient (Wildman–Crippen LogP) is 2.30. The molecule has 0 unspecified atom stereocenters. The normalized spacial score (nSPS) is 14.0. The van der Waals surface area contributed by atoms with Crippen molar-refractivity contribution in [2.75, 3.05) is 13.3 Å². The van der Waals surface area contributed by atoms with Gasteiger partial charge in [-0.3, -0.25) is 14.4 Å². The number of carbonyl (C=O) groups is 2. The molecule has 0 saturated heterocycles. The zero-order valence-corrected chi connectivity index (χ0v) is 20.2. The van der Waals surface area contributed by atoms with E-state index in [1.165, 1.54) is 0 Å². The molecule has 2 amide bonds. The molecule has 3 heterocycles. The molecule has 35 heavy (non-hydrogen) atoms. The van der Waals surface area contributed by atoms with Crippen molar-refractivity contribution >= 4 is 22.7 Å². The Kier molecular flexibility index (Phi) is 7.38. The fraction of sp³-hybridized carbons (Fsp3) is 0.440. The van der Waals surface area contributed by atoms with Crippen LogP contribution in [-0.4, -0.2) is 45.3 Å². The number of ether oxygens (including phenoxy) is 2. The maximum Gasteiger partial charge on any atom is 0.257 e. The van der Waals surface area contributed by atoms with Crippen LogP contribution in [0.2, 0.25) is 0 Å². The Morgan fingerprint density at radius 3 is 2.66 bits per heavy atom. The van der Waals surface area contributed by atoms with Crippen molar-refractivity contribution < 1.29 is 19.1 Å². The van der Waals surface area contributed by atoms with Gasteiger partial charge in [-0.25, -0.2) is 4.98 Å². The van der Waals surface area contributed by atoms with Crippen molar-refractivity contribution in [2.24, 2.45) is 5.92 Å². The molecular weight excluding hydrogens is 450 g/mol. The van der Waals surface area contributed by atoms with Crippen LogP contribution in [0.25, 0.3) is 10.9 Å². The molecule has 1 aromatic carbocycles. The van der Waals surface area contributed by atoms with Crippen LogP contribution in [0.5, 0.6) is 11.5 Å². The van der Waals surface area contributed by atoms with Gasteiger partial charge in [0, 0.05) is 44.3 Å². The number of imidazole rings is 1. The molecule has 0 bridgehead atoms. The molecular formula is C25H31N5O5. The van der Waals surface area contributed by atoms with Crippen LogP contribution in [0.15, 0.2) is 41.8 Å². The molecule has 4 rings (SSSR count). The van der Waals surface area contributed by atoms with Gasteiger partial charge in [0.2, 0.25) is 18.1 Å². The van der Waals surface area contributed by atoms with Crippen molar-refractivity contribution in [1.82, 2.24) is 24.8 Å². The Labute approximate surface area is 203 Å². The number of nitrogens with zero attached hydrogens (tertiary/aromatic N) is 3. The van der Waals surface area contributed by atoms with E-state index in [4.69, 9.17) is 9.47 Å². The van der Waals surface area contributed by atoms with Crippen molar-refractivity contribution in [3.05, 3.63) is 52.8 Å². The van der Waals surface area contributed by atoms with Crippen LogP contribution in [0.1, 0.15) is 44.0 Å². The maximum atomic E-state index is 13.3. The first kappa shape index (κ1) is 24.3. The van der Waals surface area contributed by atoms with Crippen LogP contribution in [-0.2, 0) is 17.9 Å². The van der Waals surface area contributed by atoms with E-state index < -0.39 is 17.4 Å². The summed E-state index contributed by atoms with van der Waals surface area (Å²) in [7, 11) is 0. The van der Waals surface area contributed by atoms with Gasteiger partial charge >= 0.3 is 0 Å². The van der Waals surface area contributed by atoms with Gasteiger partial charge in [-0.1, -0.05) is 20.3 Å². The van der Waals surface area contributed by atoms with E-state index in [1.807, 2.05) is 36.1 Å². The third kappa shape index (κ3) is 5.16. The molecule has 1 aliphatic rings. The average Bonchev–Trinajstić information content (AvgIpc) is 3.55. The highest BCUT2D eigenvalue weighted by atomic mass is 16.7. The number of pyridine rings is 1. The molecule has 0 fully saturated rings. The molecule has 0 radical (unpaired) electrons. The topological polar surface area (TPSA) is 116 Å². The number of amides is 2. The second kappa shape index (κ2) is 10.6. The lowest BCUT2D eigenvalue weighted by Gasteiger charge is -2.24. The smallest absolute Gasteiger partial charge is 0.257 e. The van der Waals surface area contributed by atoms with Gasteiger partial charge in [0.05, 0.1) is 17.2 Å². The second-order valence-corrected chi connectivity index (χ2v) is 8.66. The summed E-state index contributed by atoms with van der Waals surface area (Å²) in [6, 6.07) is 2.61. The van der Waals surface area contributed by atoms with Crippen LogP contribution in [0, 0.1) is 5.92 Å². The zero-order valence-electron chi connectivity index (χ0n) is 20.2. The third-order valence-electron chi connectivity index (χ3n) is 6.39. The van der Waals surface area contributed by atoms with E-state index >= 15 is 0 Å². The molecule has 2 atom stereocenters. The summed E-state index contributed by atoms with van der Waals surface area (Å²) in [4.78, 5) is 43.5. The van der Waals surface area contributed by atoms with Gasteiger partial charge in [-0.05, 0) is 25.3 Å². The second-order valence-electron chi connectivity index (χ2n) is 8.66. The number of aromatic nitrogens is 3. The van der Waals surface area contributed by atoms with E-state index in [1.54, 1.807) is 30.9 Å². The largest absolute Gasteiger partial charge is 0.454 e. The first-order chi connectivity index (χ1) is 16.9. The summed E-state index contributed by atoms with van der Waals surface area (Å²) >= 11 is 0. The average molecular weight is 482 g/mol. The van der Waals surface area contributed by atoms with Crippen molar-refractivity contribution in [1.29, 1.82) is 0 Å². The highest BCUT2D eigenvalue weighted by molar-refractivity contribution is 6.00. The Bertz CT molecular complexity index is 1270. The number of carbonyl (C=O) groups excluding carboxylic acids is 2. The first-order valence-corrected chi connectivity index (χ1v) is 11.9. The molecule has 2 aromatic heterocycles. The Morgan fingerprint density at radius 2 is 1.97 bits per heavy atom.